The topological polar surface area (TPSA) is 43.4 Å². The molecule has 0 saturated carbocycles. The van der Waals surface area contributed by atoms with Crippen LogP contribution in [0.4, 0.5) is 0 Å². The van der Waals surface area contributed by atoms with Gasteiger partial charge in [0, 0.05) is 44.5 Å². The molecule has 0 aliphatic heterocycles. The van der Waals surface area contributed by atoms with Gasteiger partial charge in [-0.3, -0.25) is 9.59 Å². The van der Waals surface area contributed by atoms with Gasteiger partial charge in [0.15, 0.2) is 11.6 Å². The van der Waals surface area contributed by atoms with Crippen molar-refractivity contribution in [3.63, 3.8) is 0 Å². The van der Waals surface area contributed by atoms with Crippen LogP contribution < -0.4 is 4.74 Å². The number of ketones is 2. The fourth-order valence-corrected chi connectivity index (χ4v) is 8.77. The Labute approximate surface area is 347 Å². The lowest BCUT2D eigenvalue weighted by Gasteiger charge is -2.23. The van der Waals surface area contributed by atoms with Gasteiger partial charge >= 0.3 is 0 Å². The summed E-state index contributed by atoms with van der Waals surface area (Å²) in [6, 6.07) is 56.4. The van der Waals surface area contributed by atoms with Gasteiger partial charge in [0.1, 0.15) is 11.5 Å². The van der Waals surface area contributed by atoms with Crippen LogP contribution in [-0.4, -0.2) is 11.6 Å². The molecule has 0 aliphatic carbocycles. The predicted molar refractivity (Wildman–Crippen MR) is 243 cm³/mol. The van der Waals surface area contributed by atoms with Crippen molar-refractivity contribution in [1.82, 2.24) is 0 Å². The number of carbonyl (C=O) groups is 2. The van der Waals surface area contributed by atoms with Crippen molar-refractivity contribution in [1.29, 1.82) is 0 Å². The van der Waals surface area contributed by atoms with Crippen molar-refractivity contribution >= 4 is 11.6 Å². The summed E-state index contributed by atoms with van der Waals surface area (Å²) >= 11 is 0. The van der Waals surface area contributed by atoms with E-state index in [4.69, 9.17) is 4.74 Å². The van der Waals surface area contributed by atoms with Crippen molar-refractivity contribution < 1.29 is 14.3 Å². The molecule has 0 spiro atoms. The zero-order chi connectivity index (χ0) is 41.2. The first-order valence-electron chi connectivity index (χ1n) is 20.1. The molecule has 8 aromatic rings. The number of rotatable bonds is 10. The summed E-state index contributed by atoms with van der Waals surface area (Å²) in [6.07, 6.45) is 0. The molecule has 0 atom stereocenters. The predicted octanol–water partition coefficient (Wildman–Crippen LogP) is 14.5. The van der Waals surface area contributed by atoms with Crippen molar-refractivity contribution in [2.75, 3.05) is 0 Å². The Morgan fingerprint density at radius 3 is 0.898 bits per heavy atom. The van der Waals surface area contributed by atoms with Crippen LogP contribution in [0.25, 0.3) is 44.5 Å². The van der Waals surface area contributed by atoms with Crippen LogP contribution in [0.2, 0.25) is 0 Å². The molecule has 0 aromatic heterocycles. The van der Waals surface area contributed by atoms with Gasteiger partial charge in [0.2, 0.25) is 0 Å². The number of hydrogen-bond acceptors (Lipinski definition) is 3. The second kappa shape index (κ2) is 16.4. The number of hydrogen-bond donors (Lipinski definition) is 0. The molecule has 0 radical (unpaired) electrons. The van der Waals surface area contributed by atoms with Crippen LogP contribution in [0.15, 0.2) is 170 Å². The third-order valence-corrected chi connectivity index (χ3v) is 11.1. The van der Waals surface area contributed by atoms with E-state index in [1.807, 2.05) is 125 Å². The molecule has 8 aromatic carbocycles. The smallest absolute Gasteiger partial charge is 0.194 e. The van der Waals surface area contributed by atoms with Gasteiger partial charge in [-0.15, -0.1) is 0 Å². The molecule has 0 N–H and O–H groups in total. The van der Waals surface area contributed by atoms with Gasteiger partial charge < -0.3 is 4.74 Å². The molecule has 3 nitrogen and oxygen atoms in total. The van der Waals surface area contributed by atoms with Crippen molar-refractivity contribution in [2.24, 2.45) is 0 Å². The highest BCUT2D eigenvalue weighted by Gasteiger charge is 2.28. The van der Waals surface area contributed by atoms with Crippen molar-refractivity contribution in [2.45, 2.75) is 41.5 Å². The normalized spacial score (nSPS) is 11.0. The second-order valence-electron chi connectivity index (χ2n) is 15.5. The molecule has 0 unspecified atom stereocenters. The third kappa shape index (κ3) is 7.56. The summed E-state index contributed by atoms with van der Waals surface area (Å²) in [5, 5.41) is 0. The molecule has 288 valence electrons. The summed E-state index contributed by atoms with van der Waals surface area (Å²) in [5.74, 6) is 1.10. The van der Waals surface area contributed by atoms with E-state index in [-0.39, 0.29) is 11.6 Å². The summed E-state index contributed by atoms with van der Waals surface area (Å²) in [6.45, 7) is 12.2. The molecular weight excluding hydrogens is 721 g/mol. The minimum absolute atomic E-state index is 0.0384. The largest absolute Gasteiger partial charge is 0.456 e. The molecule has 0 saturated heterocycles. The lowest BCUT2D eigenvalue weighted by Crippen LogP contribution is -2.10. The van der Waals surface area contributed by atoms with E-state index in [2.05, 4.69) is 86.6 Å². The van der Waals surface area contributed by atoms with Crippen LogP contribution >= 0.6 is 0 Å². The van der Waals surface area contributed by atoms with Crippen LogP contribution in [-0.2, 0) is 0 Å². The molecule has 0 amide bonds. The zero-order valence-electron chi connectivity index (χ0n) is 34.4. The molecule has 0 fully saturated rings. The molecule has 59 heavy (non-hydrogen) atoms. The van der Waals surface area contributed by atoms with Gasteiger partial charge in [0.05, 0.1) is 0 Å². The highest BCUT2D eigenvalue weighted by atomic mass is 16.5. The highest BCUT2D eigenvalue weighted by Crippen LogP contribution is 2.48. The SMILES string of the molecule is Cc1cc(C)c(C(=O)c2ccc(Oc3ccc(C(=O)c4c(C)cc(C)cc4C)c(-c4ccccc4)c3-c3ccccc3)c(-c3ccccc3)c2-c2ccccc2)c(C)c1. The monoisotopic (exact) mass is 766 g/mol. The highest BCUT2D eigenvalue weighted by molar-refractivity contribution is 6.18. The van der Waals surface area contributed by atoms with Gasteiger partial charge in [-0.1, -0.05) is 157 Å². The molecule has 0 bridgehead atoms. The first-order valence-corrected chi connectivity index (χ1v) is 20.1. The van der Waals surface area contributed by atoms with Crippen LogP contribution in [0.1, 0.15) is 65.2 Å². The van der Waals surface area contributed by atoms with E-state index >= 15 is 0 Å². The quantitative estimate of drug-likeness (QED) is 0.130. The zero-order valence-corrected chi connectivity index (χ0v) is 34.4. The van der Waals surface area contributed by atoms with Crippen molar-refractivity contribution in [3.8, 4) is 56.0 Å². The lowest BCUT2D eigenvalue weighted by atomic mass is 9.84. The minimum Gasteiger partial charge on any atom is -0.456 e. The molecule has 3 heteroatoms. The maximum absolute atomic E-state index is 14.9. The summed E-state index contributed by atoms with van der Waals surface area (Å²) in [4.78, 5) is 29.8. The molecule has 8 rings (SSSR count). The standard InChI is InChI=1S/C56H46O3/c1-35-31-37(3)49(38(4)32-35)55(57)45-27-29-47(53(43-23-15-9-16-24-43)51(45)41-19-11-7-12-20-41)59-48-30-28-46(56(58)50-39(5)33-36(2)34-40(50)6)52(42-21-13-8-14-22-42)54(48)44-25-17-10-18-26-44/h7-34H,1-6H3. The fourth-order valence-electron chi connectivity index (χ4n) is 8.77. The Morgan fingerprint density at radius 2 is 0.610 bits per heavy atom. The first kappa shape index (κ1) is 38.8. The van der Waals surface area contributed by atoms with Gasteiger partial charge in [-0.05, 0) is 110 Å². The minimum atomic E-state index is -0.0384. The van der Waals surface area contributed by atoms with Crippen LogP contribution in [0, 0.1) is 41.5 Å². The maximum Gasteiger partial charge on any atom is 0.194 e. The molecular formula is C56H46O3. The molecule has 0 heterocycles. The van der Waals surface area contributed by atoms with Crippen LogP contribution in [0.5, 0.6) is 11.5 Å². The van der Waals surface area contributed by atoms with Crippen LogP contribution in [0.3, 0.4) is 0 Å². The van der Waals surface area contributed by atoms with Gasteiger partial charge in [-0.25, -0.2) is 0 Å². The van der Waals surface area contributed by atoms with Crippen molar-refractivity contribution in [3.05, 3.63) is 225 Å². The fraction of sp³-hybridized carbons (Fsp3) is 0.107. The van der Waals surface area contributed by atoms with E-state index in [0.29, 0.717) is 33.8 Å². The van der Waals surface area contributed by atoms with Gasteiger partial charge in [-0.2, -0.15) is 0 Å². The number of aryl methyl sites for hydroxylation is 6. The van der Waals surface area contributed by atoms with E-state index in [9.17, 15) is 9.59 Å². The first-order chi connectivity index (χ1) is 28.6. The Morgan fingerprint density at radius 1 is 0.339 bits per heavy atom. The Bertz CT molecular complexity index is 2610. The summed E-state index contributed by atoms with van der Waals surface area (Å²) in [5.41, 5.74) is 15.4. The van der Waals surface area contributed by atoms with Gasteiger partial charge in [0.25, 0.3) is 0 Å². The van der Waals surface area contributed by atoms with E-state index in [1.54, 1.807) is 0 Å². The van der Waals surface area contributed by atoms with E-state index in [0.717, 1.165) is 77.9 Å². The summed E-state index contributed by atoms with van der Waals surface area (Å²) < 4.78 is 7.26. The third-order valence-electron chi connectivity index (χ3n) is 11.1. The second-order valence-corrected chi connectivity index (χ2v) is 15.5. The Kier molecular flexibility index (Phi) is 10.8. The number of carbonyl (C=O) groups excluding carboxylic acids is 2. The average Bonchev–Trinajstić information content (AvgIpc) is 3.23. The Hall–Kier alpha value is -7.10. The van der Waals surface area contributed by atoms with E-state index in [1.165, 1.54) is 0 Å². The molecule has 0 aliphatic rings. The summed E-state index contributed by atoms with van der Waals surface area (Å²) in [7, 11) is 0. The lowest BCUT2D eigenvalue weighted by molar-refractivity contribution is 0.103. The number of benzene rings is 8. The number of ether oxygens (including phenoxy) is 1. The average molecular weight is 767 g/mol. The van der Waals surface area contributed by atoms with E-state index < -0.39 is 0 Å². The maximum atomic E-state index is 14.9. The Balaban J connectivity index is 1.42.